The van der Waals surface area contributed by atoms with E-state index in [-0.39, 0.29) is 0 Å². The highest BCUT2D eigenvalue weighted by atomic mass is 32.1. The zero-order valence-corrected chi connectivity index (χ0v) is 10.8. The van der Waals surface area contributed by atoms with E-state index in [0.717, 1.165) is 43.1 Å². The molecular weight excluding hydrogens is 234 g/mol. The van der Waals surface area contributed by atoms with Gasteiger partial charge in [-0.25, -0.2) is 4.98 Å². The summed E-state index contributed by atoms with van der Waals surface area (Å²) in [5.41, 5.74) is 0.656. The van der Waals surface area contributed by atoms with Gasteiger partial charge < -0.3 is 5.11 Å². The minimum absolute atomic E-state index is 0.467. The summed E-state index contributed by atoms with van der Waals surface area (Å²) in [5.74, 6) is 0. The molecule has 17 heavy (non-hydrogen) atoms. The van der Waals surface area contributed by atoms with Crippen LogP contribution in [0.2, 0.25) is 0 Å². The topological polar surface area (TPSA) is 40.8 Å². The lowest BCUT2D eigenvalue weighted by Crippen LogP contribution is -2.42. The molecule has 2 aromatic rings. The molecule has 0 spiro atoms. The minimum Gasteiger partial charge on any atom is -0.390 e. The average Bonchev–Trinajstić information content (AvgIpc) is 2.81. The van der Waals surface area contributed by atoms with Gasteiger partial charge in [0.15, 0.2) is 4.96 Å². The average molecular weight is 251 g/mol. The predicted octanol–water partition coefficient (Wildman–Crippen LogP) is 1.74. The van der Waals surface area contributed by atoms with Crippen LogP contribution in [0.25, 0.3) is 4.96 Å². The first-order valence-corrected chi connectivity index (χ1v) is 6.86. The molecule has 2 aromatic heterocycles. The van der Waals surface area contributed by atoms with Crippen molar-refractivity contribution in [2.45, 2.75) is 31.9 Å². The Hall–Kier alpha value is -0.910. The number of rotatable bonds is 2. The molecule has 0 aromatic carbocycles. The molecule has 1 saturated heterocycles. The summed E-state index contributed by atoms with van der Waals surface area (Å²) >= 11 is 1.66. The van der Waals surface area contributed by atoms with E-state index in [1.54, 1.807) is 11.3 Å². The number of likely N-dealkylation sites (tertiary alicyclic amines) is 1. The minimum atomic E-state index is -0.467. The highest BCUT2D eigenvalue weighted by Crippen LogP contribution is 2.22. The molecule has 3 rings (SSSR count). The van der Waals surface area contributed by atoms with Crippen LogP contribution >= 0.6 is 11.3 Å². The third kappa shape index (κ3) is 2.36. The SMILES string of the molecule is CC1(O)CCN(Cc2cn3ccsc3n2)CC1. The van der Waals surface area contributed by atoms with Crippen LogP contribution in [0.4, 0.5) is 0 Å². The van der Waals surface area contributed by atoms with Crippen molar-refractivity contribution in [1.29, 1.82) is 0 Å². The Morgan fingerprint density at radius 3 is 2.94 bits per heavy atom. The molecule has 0 aliphatic carbocycles. The third-order valence-electron chi connectivity index (χ3n) is 3.46. The number of thiazole rings is 1. The summed E-state index contributed by atoms with van der Waals surface area (Å²) in [7, 11) is 0. The molecule has 0 unspecified atom stereocenters. The van der Waals surface area contributed by atoms with Crippen molar-refractivity contribution in [3.8, 4) is 0 Å². The molecule has 1 fully saturated rings. The van der Waals surface area contributed by atoms with E-state index in [1.807, 2.05) is 18.5 Å². The first-order chi connectivity index (χ1) is 8.12. The van der Waals surface area contributed by atoms with Crippen LogP contribution < -0.4 is 0 Å². The van der Waals surface area contributed by atoms with Gasteiger partial charge in [0, 0.05) is 37.4 Å². The molecule has 3 heterocycles. The van der Waals surface area contributed by atoms with Gasteiger partial charge in [0.1, 0.15) is 0 Å². The van der Waals surface area contributed by atoms with Crippen LogP contribution in [0.3, 0.4) is 0 Å². The zero-order chi connectivity index (χ0) is 11.9. The van der Waals surface area contributed by atoms with Crippen molar-refractivity contribution in [2.24, 2.45) is 0 Å². The summed E-state index contributed by atoms with van der Waals surface area (Å²) < 4.78 is 2.07. The summed E-state index contributed by atoms with van der Waals surface area (Å²) in [6.45, 7) is 4.73. The first-order valence-electron chi connectivity index (χ1n) is 5.98. The van der Waals surface area contributed by atoms with Gasteiger partial charge in [-0.05, 0) is 19.8 Å². The van der Waals surface area contributed by atoms with Crippen molar-refractivity contribution in [2.75, 3.05) is 13.1 Å². The molecule has 0 atom stereocenters. The summed E-state index contributed by atoms with van der Waals surface area (Å²) in [6, 6.07) is 0. The Labute approximate surface area is 105 Å². The van der Waals surface area contributed by atoms with Crippen molar-refractivity contribution < 1.29 is 5.11 Å². The second-order valence-electron chi connectivity index (χ2n) is 5.10. The van der Waals surface area contributed by atoms with E-state index in [9.17, 15) is 5.11 Å². The molecule has 1 aliphatic heterocycles. The lowest BCUT2D eigenvalue weighted by Gasteiger charge is -2.35. The maximum atomic E-state index is 9.89. The number of nitrogens with zero attached hydrogens (tertiary/aromatic N) is 3. The number of fused-ring (bicyclic) bond motifs is 1. The number of aliphatic hydroxyl groups is 1. The maximum Gasteiger partial charge on any atom is 0.193 e. The number of piperidine rings is 1. The van der Waals surface area contributed by atoms with Crippen molar-refractivity contribution in [3.63, 3.8) is 0 Å². The van der Waals surface area contributed by atoms with Gasteiger partial charge in [-0.3, -0.25) is 9.30 Å². The van der Waals surface area contributed by atoms with Crippen molar-refractivity contribution in [3.05, 3.63) is 23.5 Å². The van der Waals surface area contributed by atoms with Gasteiger partial charge in [-0.15, -0.1) is 11.3 Å². The van der Waals surface area contributed by atoms with Crippen LogP contribution in [0.15, 0.2) is 17.8 Å². The van der Waals surface area contributed by atoms with Gasteiger partial charge in [-0.1, -0.05) is 0 Å². The molecule has 92 valence electrons. The fourth-order valence-corrected chi connectivity index (χ4v) is 2.99. The lowest BCUT2D eigenvalue weighted by atomic mass is 9.94. The molecule has 0 bridgehead atoms. The quantitative estimate of drug-likeness (QED) is 0.884. The number of imidazole rings is 1. The lowest BCUT2D eigenvalue weighted by molar-refractivity contribution is -0.00754. The van der Waals surface area contributed by atoms with Crippen LogP contribution in [-0.2, 0) is 6.54 Å². The molecule has 1 N–H and O–H groups in total. The highest BCUT2D eigenvalue weighted by molar-refractivity contribution is 7.15. The number of hydrogen-bond donors (Lipinski definition) is 1. The Kier molecular flexibility index (Phi) is 2.69. The summed E-state index contributed by atoms with van der Waals surface area (Å²) in [5, 5.41) is 11.9. The van der Waals surface area contributed by atoms with Gasteiger partial charge in [-0.2, -0.15) is 0 Å². The number of hydrogen-bond acceptors (Lipinski definition) is 4. The predicted molar refractivity (Wildman–Crippen MR) is 68.2 cm³/mol. The first kappa shape index (κ1) is 11.2. The molecule has 0 amide bonds. The monoisotopic (exact) mass is 251 g/mol. The van der Waals surface area contributed by atoms with Gasteiger partial charge in [0.05, 0.1) is 11.3 Å². The maximum absolute atomic E-state index is 9.89. The van der Waals surface area contributed by atoms with E-state index in [4.69, 9.17) is 0 Å². The second-order valence-corrected chi connectivity index (χ2v) is 5.97. The largest absolute Gasteiger partial charge is 0.390 e. The molecule has 0 saturated carbocycles. The molecule has 4 nitrogen and oxygen atoms in total. The Bertz CT molecular complexity index is 478. The van der Waals surface area contributed by atoms with E-state index in [1.165, 1.54) is 0 Å². The molecule has 1 aliphatic rings. The molecular formula is C12H17N3OS. The smallest absolute Gasteiger partial charge is 0.193 e. The van der Waals surface area contributed by atoms with Gasteiger partial charge >= 0.3 is 0 Å². The van der Waals surface area contributed by atoms with Crippen LogP contribution in [0.1, 0.15) is 25.5 Å². The van der Waals surface area contributed by atoms with Crippen LogP contribution in [-0.4, -0.2) is 38.1 Å². The van der Waals surface area contributed by atoms with E-state index >= 15 is 0 Å². The Morgan fingerprint density at radius 1 is 1.47 bits per heavy atom. The van der Waals surface area contributed by atoms with Crippen molar-refractivity contribution >= 4 is 16.3 Å². The normalized spacial score (nSPS) is 21.1. The van der Waals surface area contributed by atoms with Crippen LogP contribution in [0.5, 0.6) is 0 Å². The molecule has 0 radical (unpaired) electrons. The third-order valence-corrected chi connectivity index (χ3v) is 4.23. The number of aromatic nitrogens is 2. The second kappa shape index (κ2) is 4.08. The van der Waals surface area contributed by atoms with Crippen molar-refractivity contribution in [1.82, 2.24) is 14.3 Å². The van der Waals surface area contributed by atoms with E-state index in [0.29, 0.717) is 0 Å². The zero-order valence-electron chi connectivity index (χ0n) is 9.96. The standard InChI is InChI=1S/C12H17N3OS/c1-12(16)2-4-14(5-3-12)8-10-9-15-6-7-17-11(15)13-10/h6-7,9,16H,2-5,8H2,1H3. The van der Waals surface area contributed by atoms with Crippen LogP contribution in [0, 0.1) is 0 Å². The Morgan fingerprint density at radius 2 is 2.24 bits per heavy atom. The van der Waals surface area contributed by atoms with E-state index < -0.39 is 5.60 Å². The highest BCUT2D eigenvalue weighted by Gasteiger charge is 2.27. The van der Waals surface area contributed by atoms with Gasteiger partial charge in [0.2, 0.25) is 0 Å². The van der Waals surface area contributed by atoms with Gasteiger partial charge in [0.25, 0.3) is 0 Å². The Balaban J connectivity index is 1.66. The molecule has 5 heteroatoms. The van der Waals surface area contributed by atoms with E-state index in [2.05, 4.69) is 20.5 Å². The fraction of sp³-hybridized carbons (Fsp3) is 0.583. The summed E-state index contributed by atoms with van der Waals surface area (Å²) in [4.78, 5) is 8.01. The fourth-order valence-electron chi connectivity index (χ4n) is 2.27. The summed E-state index contributed by atoms with van der Waals surface area (Å²) in [6.07, 6.45) is 5.85.